The van der Waals surface area contributed by atoms with Gasteiger partial charge >= 0.3 is 5.97 Å². The minimum Gasteiger partial charge on any atom is -0.507 e. The molecule has 0 spiro atoms. The molecule has 7 nitrogen and oxygen atoms in total. The van der Waals surface area contributed by atoms with Crippen LogP contribution in [-0.4, -0.2) is 36.3 Å². The molecule has 3 aromatic rings. The Kier molecular flexibility index (Phi) is 6.20. The van der Waals surface area contributed by atoms with Crippen LogP contribution in [0.4, 0.5) is 5.69 Å². The number of phenols is 1. The molecule has 0 saturated carbocycles. The second kappa shape index (κ2) is 9.07. The molecule has 2 heterocycles. The van der Waals surface area contributed by atoms with Gasteiger partial charge in [0.15, 0.2) is 4.80 Å². The largest absolute Gasteiger partial charge is 0.507 e. The number of allylic oxidation sites excluding steroid dienone is 1. The number of carbonyl (C=O) groups is 1. The number of hydrogen-bond donors (Lipinski definition) is 1. The van der Waals surface area contributed by atoms with E-state index in [0.717, 1.165) is 11.3 Å². The van der Waals surface area contributed by atoms with Crippen molar-refractivity contribution in [2.24, 2.45) is 4.99 Å². The molecule has 0 fully saturated rings. The molecule has 0 aliphatic carbocycles. The fourth-order valence-electron chi connectivity index (χ4n) is 3.81. The van der Waals surface area contributed by atoms with E-state index >= 15 is 0 Å². The smallest absolute Gasteiger partial charge is 0.338 e. The highest BCUT2D eigenvalue weighted by molar-refractivity contribution is 7.07. The average molecular weight is 464 g/mol. The van der Waals surface area contributed by atoms with Gasteiger partial charge in [-0.25, -0.2) is 9.79 Å². The van der Waals surface area contributed by atoms with Crippen molar-refractivity contribution < 1.29 is 14.6 Å². The lowest BCUT2D eigenvalue weighted by atomic mass is 9.95. The predicted molar refractivity (Wildman–Crippen MR) is 129 cm³/mol. The summed E-state index contributed by atoms with van der Waals surface area (Å²) in [5.41, 5.74) is 2.91. The van der Waals surface area contributed by atoms with Gasteiger partial charge < -0.3 is 14.7 Å². The summed E-state index contributed by atoms with van der Waals surface area (Å²) in [5, 5.41) is 10.1. The van der Waals surface area contributed by atoms with Gasteiger partial charge in [-0.1, -0.05) is 41.7 Å². The van der Waals surface area contributed by atoms with E-state index in [1.54, 1.807) is 48.8 Å². The van der Waals surface area contributed by atoms with Gasteiger partial charge in [0.05, 0.1) is 28.5 Å². The van der Waals surface area contributed by atoms with Crippen molar-refractivity contribution in [3.05, 3.63) is 90.6 Å². The maximum Gasteiger partial charge on any atom is 0.338 e. The zero-order chi connectivity index (χ0) is 23.7. The molecule has 170 valence electrons. The summed E-state index contributed by atoms with van der Waals surface area (Å²) in [6.07, 6.45) is 1.65. The Balaban J connectivity index is 1.95. The molecular weight excluding hydrogens is 438 g/mol. The van der Waals surface area contributed by atoms with Crippen molar-refractivity contribution in [2.75, 3.05) is 25.6 Å². The molecule has 1 aromatic heterocycles. The van der Waals surface area contributed by atoms with E-state index in [1.165, 1.54) is 11.3 Å². The summed E-state index contributed by atoms with van der Waals surface area (Å²) in [7, 11) is 3.90. The molecule has 8 heteroatoms. The normalized spacial score (nSPS) is 15.8. The second-order valence-corrected chi connectivity index (χ2v) is 8.86. The van der Waals surface area contributed by atoms with Gasteiger partial charge in [0.2, 0.25) is 0 Å². The SMILES string of the molecule is CCOC(=O)C1=C(C)N=c2s/c(=C\c3ccccc3O)c(=O)n2[C@H]1c1ccc(N(C)C)cc1. The van der Waals surface area contributed by atoms with Crippen LogP contribution in [0.3, 0.4) is 0 Å². The predicted octanol–water partition coefficient (Wildman–Crippen LogP) is 2.57. The number of para-hydroxylation sites is 1. The first-order chi connectivity index (χ1) is 15.8. The Morgan fingerprint density at radius 2 is 1.91 bits per heavy atom. The third-order valence-corrected chi connectivity index (χ3v) is 6.45. The molecule has 33 heavy (non-hydrogen) atoms. The minimum absolute atomic E-state index is 0.0857. The zero-order valence-corrected chi connectivity index (χ0v) is 19.7. The molecule has 1 N–H and O–H groups in total. The van der Waals surface area contributed by atoms with Crippen LogP contribution in [0, 0.1) is 0 Å². The lowest BCUT2D eigenvalue weighted by molar-refractivity contribution is -0.139. The quantitative estimate of drug-likeness (QED) is 0.588. The van der Waals surface area contributed by atoms with E-state index in [1.807, 2.05) is 43.3 Å². The molecule has 1 aliphatic rings. The van der Waals surface area contributed by atoms with E-state index in [4.69, 9.17) is 4.74 Å². The number of rotatable bonds is 5. The fourth-order valence-corrected chi connectivity index (χ4v) is 4.85. The maximum atomic E-state index is 13.5. The van der Waals surface area contributed by atoms with Crippen molar-refractivity contribution in [2.45, 2.75) is 19.9 Å². The average Bonchev–Trinajstić information content (AvgIpc) is 3.09. The summed E-state index contributed by atoms with van der Waals surface area (Å²) < 4.78 is 7.28. The summed E-state index contributed by atoms with van der Waals surface area (Å²) in [4.78, 5) is 33.5. The summed E-state index contributed by atoms with van der Waals surface area (Å²) in [6, 6.07) is 13.9. The standard InChI is InChI=1S/C25H25N3O4S/c1-5-32-24(31)21-15(2)26-25-28(22(21)16-10-12-18(13-11-16)27(3)4)23(30)20(33-25)14-17-8-6-7-9-19(17)29/h6-14,22,29H,5H2,1-4H3/b20-14-/t22-/m0/s1. The van der Waals surface area contributed by atoms with E-state index in [9.17, 15) is 14.7 Å². The number of ether oxygens (including phenoxy) is 1. The Morgan fingerprint density at radius 1 is 1.21 bits per heavy atom. The Bertz CT molecular complexity index is 1420. The summed E-state index contributed by atoms with van der Waals surface area (Å²) in [5.74, 6) is -0.405. The number of carbonyl (C=O) groups excluding carboxylic acids is 1. The molecule has 2 aromatic carbocycles. The molecule has 0 radical (unpaired) electrons. The topological polar surface area (TPSA) is 84.1 Å². The second-order valence-electron chi connectivity index (χ2n) is 7.85. The number of aromatic hydroxyl groups is 1. The van der Waals surface area contributed by atoms with Crippen molar-refractivity contribution in [1.29, 1.82) is 0 Å². The first kappa shape index (κ1) is 22.5. The number of nitrogens with zero attached hydrogens (tertiary/aromatic N) is 3. The lowest BCUT2D eigenvalue weighted by Crippen LogP contribution is -2.39. The molecule has 1 aliphatic heterocycles. The highest BCUT2D eigenvalue weighted by Gasteiger charge is 2.33. The van der Waals surface area contributed by atoms with Crippen LogP contribution in [0.2, 0.25) is 0 Å². The molecule has 0 amide bonds. The van der Waals surface area contributed by atoms with Crippen LogP contribution in [0.5, 0.6) is 5.75 Å². The summed E-state index contributed by atoms with van der Waals surface area (Å²) in [6.45, 7) is 3.73. The molecule has 4 rings (SSSR count). The Morgan fingerprint density at radius 3 is 2.55 bits per heavy atom. The van der Waals surface area contributed by atoms with Gasteiger partial charge in [-0.3, -0.25) is 9.36 Å². The van der Waals surface area contributed by atoms with Crippen LogP contribution < -0.4 is 19.8 Å². The minimum atomic E-state index is -0.664. The maximum absolute atomic E-state index is 13.5. The first-order valence-corrected chi connectivity index (χ1v) is 11.4. The number of thiazole rings is 1. The molecule has 0 bridgehead atoms. The number of phenolic OH excluding ortho intramolecular Hbond substituents is 1. The van der Waals surface area contributed by atoms with Gasteiger partial charge in [0.25, 0.3) is 5.56 Å². The number of benzene rings is 2. The molecule has 1 atom stereocenters. The highest BCUT2D eigenvalue weighted by atomic mass is 32.1. The first-order valence-electron chi connectivity index (χ1n) is 10.6. The third kappa shape index (κ3) is 4.21. The number of esters is 1. The van der Waals surface area contributed by atoms with Gasteiger partial charge in [0.1, 0.15) is 5.75 Å². The fraction of sp³-hybridized carbons (Fsp3) is 0.240. The molecule has 0 unspecified atom stereocenters. The van der Waals surface area contributed by atoms with Crippen LogP contribution in [-0.2, 0) is 9.53 Å². The van der Waals surface area contributed by atoms with Crippen molar-refractivity contribution in [3.8, 4) is 5.75 Å². The monoisotopic (exact) mass is 463 g/mol. The van der Waals surface area contributed by atoms with Crippen LogP contribution in [0.15, 0.2) is 69.6 Å². The van der Waals surface area contributed by atoms with E-state index in [-0.39, 0.29) is 17.9 Å². The van der Waals surface area contributed by atoms with Crippen molar-refractivity contribution in [3.63, 3.8) is 0 Å². The molecule has 0 saturated heterocycles. The Hall–Kier alpha value is -3.65. The van der Waals surface area contributed by atoms with Gasteiger partial charge in [-0.2, -0.15) is 0 Å². The van der Waals surface area contributed by atoms with Gasteiger partial charge in [-0.05, 0) is 43.7 Å². The summed E-state index contributed by atoms with van der Waals surface area (Å²) >= 11 is 1.23. The van der Waals surface area contributed by atoms with Gasteiger partial charge in [0, 0.05) is 25.3 Å². The van der Waals surface area contributed by atoms with Gasteiger partial charge in [-0.15, -0.1) is 0 Å². The number of fused-ring (bicyclic) bond motifs is 1. The van der Waals surface area contributed by atoms with Crippen molar-refractivity contribution >= 4 is 29.1 Å². The van der Waals surface area contributed by atoms with Crippen LogP contribution in [0.25, 0.3) is 6.08 Å². The van der Waals surface area contributed by atoms with E-state index < -0.39 is 12.0 Å². The van der Waals surface area contributed by atoms with E-state index in [2.05, 4.69) is 4.99 Å². The van der Waals surface area contributed by atoms with Crippen LogP contribution in [0.1, 0.15) is 31.0 Å². The van der Waals surface area contributed by atoms with Crippen molar-refractivity contribution in [1.82, 2.24) is 4.57 Å². The Labute approximate surface area is 195 Å². The third-order valence-electron chi connectivity index (χ3n) is 5.47. The number of anilines is 1. The highest BCUT2D eigenvalue weighted by Crippen LogP contribution is 2.31. The lowest BCUT2D eigenvalue weighted by Gasteiger charge is -2.25. The number of aromatic nitrogens is 1. The van der Waals surface area contributed by atoms with Crippen LogP contribution >= 0.6 is 11.3 Å². The molecular formula is C25H25N3O4S. The van der Waals surface area contributed by atoms with E-state index in [0.29, 0.717) is 26.2 Å². The zero-order valence-electron chi connectivity index (χ0n) is 18.9. The number of hydrogen-bond acceptors (Lipinski definition) is 7.